The van der Waals surface area contributed by atoms with Crippen LogP contribution in [0.15, 0.2) is 11.6 Å². The molecule has 1 aliphatic rings. The van der Waals surface area contributed by atoms with E-state index < -0.39 is 0 Å². The zero-order valence-corrected chi connectivity index (χ0v) is 11.0. The van der Waals surface area contributed by atoms with Crippen LogP contribution in [0.25, 0.3) is 0 Å². The van der Waals surface area contributed by atoms with Gasteiger partial charge in [0.1, 0.15) is 0 Å². The van der Waals surface area contributed by atoms with Gasteiger partial charge in [0, 0.05) is 6.04 Å². The molecule has 0 aromatic rings. The van der Waals surface area contributed by atoms with Crippen LogP contribution in [-0.4, -0.2) is 6.04 Å². The molecule has 16 heavy (non-hydrogen) atoms. The van der Waals surface area contributed by atoms with Gasteiger partial charge in [-0.1, -0.05) is 57.1 Å². The largest absolute Gasteiger partial charge is 0.324 e. The molecule has 94 valence electrons. The first-order chi connectivity index (χ1) is 7.84. The summed E-state index contributed by atoms with van der Waals surface area (Å²) in [5.74, 6) is 0. The summed E-state index contributed by atoms with van der Waals surface area (Å²) >= 11 is 0. The number of rotatable bonds is 6. The SMILES string of the molecule is CCCCCCC(N)C1=CCCCCCC1. The maximum absolute atomic E-state index is 6.28. The summed E-state index contributed by atoms with van der Waals surface area (Å²) in [6, 6.07) is 0.356. The van der Waals surface area contributed by atoms with E-state index in [1.165, 1.54) is 70.6 Å². The smallest absolute Gasteiger partial charge is 0.0253 e. The minimum absolute atomic E-state index is 0.356. The molecular formula is C15H29N. The first-order valence-electron chi connectivity index (χ1n) is 7.29. The van der Waals surface area contributed by atoms with Gasteiger partial charge in [0.05, 0.1) is 0 Å². The van der Waals surface area contributed by atoms with E-state index in [0.717, 1.165) is 0 Å². The van der Waals surface area contributed by atoms with Gasteiger partial charge in [-0.15, -0.1) is 0 Å². The van der Waals surface area contributed by atoms with Gasteiger partial charge in [-0.05, 0) is 32.1 Å². The summed E-state index contributed by atoms with van der Waals surface area (Å²) in [5.41, 5.74) is 7.83. The second-order valence-electron chi connectivity index (χ2n) is 5.19. The minimum Gasteiger partial charge on any atom is -0.324 e. The maximum Gasteiger partial charge on any atom is 0.0253 e. The predicted molar refractivity (Wildman–Crippen MR) is 72.5 cm³/mol. The van der Waals surface area contributed by atoms with Gasteiger partial charge in [0.2, 0.25) is 0 Å². The van der Waals surface area contributed by atoms with Crippen molar-refractivity contribution in [1.29, 1.82) is 0 Å². The Kier molecular flexibility index (Phi) is 7.58. The number of hydrogen-bond donors (Lipinski definition) is 1. The molecule has 0 aromatic carbocycles. The molecule has 0 radical (unpaired) electrons. The Balaban J connectivity index is 2.24. The topological polar surface area (TPSA) is 26.0 Å². The molecule has 1 nitrogen and oxygen atoms in total. The number of hydrogen-bond acceptors (Lipinski definition) is 1. The highest BCUT2D eigenvalue weighted by Gasteiger charge is 2.10. The van der Waals surface area contributed by atoms with Gasteiger partial charge in [-0.25, -0.2) is 0 Å². The molecule has 0 aliphatic heterocycles. The summed E-state index contributed by atoms with van der Waals surface area (Å²) < 4.78 is 0. The molecule has 1 heteroatoms. The van der Waals surface area contributed by atoms with E-state index in [9.17, 15) is 0 Å². The molecule has 0 spiro atoms. The van der Waals surface area contributed by atoms with Crippen molar-refractivity contribution in [3.8, 4) is 0 Å². The first kappa shape index (κ1) is 13.8. The van der Waals surface area contributed by atoms with Crippen molar-refractivity contribution >= 4 is 0 Å². The molecule has 0 saturated heterocycles. The lowest BCUT2D eigenvalue weighted by Gasteiger charge is -2.18. The Morgan fingerprint density at radius 1 is 1.12 bits per heavy atom. The van der Waals surface area contributed by atoms with E-state index in [0.29, 0.717) is 6.04 Å². The molecule has 0 aromatic heterocycles. The molecule has 0 fully saturated rings. The van der Waals surface area contributed by atoms with Crippen molar-refractivity contribution < 1.29 is 0 Å². The van der Waals surface area contributed by atoms with E-state index >= 15 is 0 Å². The predicted octanol–water partition coefficient (Wildman–Crippen LogP) is 4.56. The highest BCUT2D eigenvalue weighted by atomic mass is 14.6. The average molecular weight is 223 g/mol. The number of nitrogens with two attached hydrogens (primary N) is 1. The lowest BCUT2D eigenvalue weighted by molar-refractivity contribution is 0.550. The summed E-state index contributed by atoms with van der Waals surface area (Å²) in [6.45, 7) is 2.26. The van der Waals surface area contributed by atoms with Gasteiger partial charge in [0.15, 0.2) is 0 Å². The van der Waals surface area contributed by atoms with Crippen molar-refractivity contribution in [2.24, 2.45) is 5.73 Å². The van der Waals surface area contributed by atoms with Crippen LogP contribution in [0.4, 0.5) is 0 Å². The third-order valence-electron chi connectivity index (χ3n) is 3.67. The van der Waals surface area contributed by atoms with Crippen LogP contribution in [0.3, 0.4) is 0 Å². The average Bonchev–Trinajstić information content (AvgIpc) is 2.23. The lowest BCUT2D eigenvalue weighted by atomic mass is 9.92. The van der Waals surface area contributed by atoms with Crippen molar-refractivity contribution in [2.75, 3.05) is 0 Å². The normalized spacial score (nSPS) is 19.8. The van der Waals surface area contributed by atoms with Gasteiger partial charge in [-0.2, -0.15) is 0 Å². The van der Waals surface area contributed by atoms with Gasteiger partial charge in [0.25, 0.3) is 0 Å². The summed E-state index contributed by atoms with van der Waals surface area (Å²) in [5, 5.41) is 0. The van der Waals surface area contributed by atoms with Crippen LogP contribution in [0.2, 0.25) is 0 Å². The van der Waals surface area contributed by atoms with Crippen molar-refractivity contribution in [1.82, 2.24) is 0 Å². The van der Waals surface area contributed by atoms with Crippen LogP contribution in [-0.2, 0) is 0 Å². The van der Waals surface area contributed by atoms with E-state index in [-0.39, 0.29) is 0 Å². The van der Waals surface area contributed by atoms with Gasteiger partial charge >= 0.3 is 0 Å². The standard InChI is InChI=1S/C15H29N/c1-2-3-4-10-13-15(16)14-11-8-6-5-7-9-12-14/h11,15H,2-10,12-13,16H2,1H3. The quantitative estimate of drug-likeness (QED) is 0.518. The fourth-order valence-corrected chi connectivity index (χ4v) is 2.53. The third kappa shape index (κ3) is 5.69. The Labute approximate surface area is 101 Å². The molecule has 0 bridgehead atoms. The molecule has 1 unspecified atom stereocenters. The molecular weight excluding hydrogens is 194 g/mol. The first-order valence-corrected chi connectivity index (χ1v) is 7.29. The monoisotopic (exact) mass is 223 g/mol. The van der Waals surface area contributed by atoms with E-state index in [4.69, 9.17) is 5.73 Å². The number of allylic oxidation sites excluding steroid dienone is 1. The Hall–Kier alpha value is -0.300. The van der Waals surface area contributed by atoms with E-state index in [1.807, 2.05) is 0 Å². The van der Waals surface area contributed by atoms with Crippen molar-refractivity contribution in [3.63, 3.8) is 0 Å². The molecule has 1 rings (SSSR count). The molecule has 0 saturated carbocycles. The van der Waals surface area contributed by atoms with E-state index in [2.05, 4.69) is 13.0 Å². The lowest BCUT2D eigenvalue weighted by Crippen LogP contribution is -2.23. The molecule has 0 amide bonds. The molecule has 1 atom stereocenters. The van der Waals surface area contributed by atoms with Crippen molar-refractivity contribution in [3.05, 3.63) is 11.6 Å². The summed E-state index contributed by atoms with van der Waals surface area (Å²) in [7, 11) is 0. The third-order valence-corrected chi connectivity index (χ3v) is 3.67. The minimum atomic E-state index is 0.356. The highest BCUT2D eigenvalue weighted by Crippen LogP contribution is 2.21. The second-order valence-corrected chi connectivity index (χ2v) is 5.19. The highest BCUT2D eigenvalue weighted by molar-refractivity contribution is 5.10. The van der Waals surface area contributed by atoms with Crippen LogP contribution < -0.4 is 5.73 Å². The Morgan fingerprint density at radius 2 is 1.94 bits per heavy atom. The maximum atomic E-state index is 6.28. The fourth-order valence-electron chi connectivity index (χ4n) is 2.53. The van der Waals surface area contributed by atoms with Gasteiger partial charge < -0.3 is 5.73 Å². The zero-order valence-electron chi connectivity index (χ0n) is 11.0. The molecule has 0 heterocycles. The summed E-state index contributed by atoms with van der Waals surface area (Å²) in [6.07, 6.45) is 17.0. The van der Waals surface area contributed by atoms with Crippen LogP contribution >= 0.6 is 0 Å². The fraction of sp³-hybridized carbons (Fsp3) is 0.867. The Morgan fingerprint density at radius 3 is 2.75 bits per heavy atom. The Bertz CT molecular complexity index is 196. The second kappa shape index (κ2) is 8.81. The molecule has 2 N–H and O–H groups in total. The van der Waals surface area contributed by atoms with Crippen LogP contribution in [0.5, 0.6) is 0 Å². The van der Waals surface area contributed by atoms with Crippen molar-refractivity contribution in [2.45, 2.75) is 83.6 Å². The van der Waals surface area contributed by atoms with Crippen LogP contribution in [0, 0.1) is 0 Å². The number of unbranched alkanes of at least 4 members (excludes halogenated alkanes) is 3. The van der Waals surface area contributed by atoms with E-state index in [1.54, 1.807) is 5.57 Å². The van der Waals surface area contributed by atoms with Crippen LogP contribution in [0.1, 0.15) is 77.6 Å². The zero-order chi connectivity index (χ0) is 11.6. The molecule has 1 aliphatic carbocycles. The summed E-state index contributed by atoms with van der Waals surface area (Å²) in [4.78, 5) is 0. The van der Waals surface area contributed by atoms with Gasteiger partial charge in [-0.3, -0.25) is 0 Å².